The van der Waals surface area contributed by atoms with E-state index >= 15 is 0 Å². The van der Waals surface area contributed by atoms with Gasteiger partial charge in [0, 0.05) is 13.1 Å². The van der Waals surface area contributed by atoms with Crippen LogP contribution in [-0.4, -0.2) is 27.2 Å². The quantitative estimate of drug-likeness (QED) is 0.317. The van der Waals surface area contributed by atoms with Gasteiger partial charge in [0.25, 0.3) is 0 Å². The summed E-state index contributed by atoms with van der Waals surface area (Å²) in [5.41, 5.74) is 3.45. The Morgan fingerprint density at radius 2 is 2.07 bits per heavy atom. The lowest BCUT2D eigenvalue weighted by Gasteiger charge is -2.05. The Kier molecular flexibility index (Phi) is 5.56. The van der Waals surface area contributed by atoms with Crippen LogP contribution >= 0.6 is 0 Å². The van der Waals surface area contributed by atoms with E-state index in [1.165, 1.54) is 6.08 Å². The molecule has 0 aliphatic rings. The maximum atomic E-state index is 11.9. The Labute approximate surface area is 162 Å². The third-order valence-electron chi connectivity index (χ3n) is 4.22. The van der Waals surface area contributed by atoms with Crippen LogP contribution in [0.1, 0.15) is 17.0 Å². The molecule has 140 valence electrons. The first-order valence-electron chi connectivity index (χ1n) is 8.65. The zero-order chi connectivity index (χ0) is 20.1. The average Bonchev–Trinajstić information content (AvgIpc) is 3.02. The Bertz CT molecular complexity index is 1130. The second-order valence-corrected chi connectivity index (χ2v) is 6.27. The Morgan fingerprint density at radius 1 is 1.29 bits per heavy atom. The molecule has 0 aliphatic carbocycles. The minimum absolute atomic E-state index is 0.0332. The van der Waals surface area contributed by atoms with E-state index in [2.05, 4.69) is 4.98 Å². The molecule has 0 atom stereocenters. The van der Waals surface area contributed by atoms with Crippen LogP contribution in [0.25, 0.3) is 22.7 Å². The molecule has 0 saturated carbocycles. The van der Waals surface area contributed by atoms with Gasteiger partial charge in [0.05, 0.1) is 11.0 Å². The van der Waals surface area contributed by atoms with Gasteiger partial charge in [-0.15, -0.1) is 0 Å². The number of benzene rings is 2. The molecule has 3 rings (SSSR count). The van der Waals surface area contributed by atoms with E-state index in [9.17, 15) is 15.2 Å². The number of nitrogens with zero attached hydrogens (tertiary/aromatic N) is 3. The number of hydrogen-bond acceptors (Lipinski definition) is 5. The fraction of sp³-hybridized carbons (Fsp3) is 0.136. The molecule has 1 heterocycles. The van der Waals surface area contributed by atoms with Crippen molar-refractivity contribution in [3.05, 3.63) is 77.3 Å². The molecule has 28 heavy (non-hydrogen) atoms. The number of fused-ring (bicyclic) bond motifs is 1. The normalized spacial score (nSPS) is 12.0. The summed E-state index contributed by atoms with van der Waals surface area (Å²) in [6.45, 7) is 1.55. The predicted octanol–water partition coefficient (Wildman–Crippen LogP) is 3.93. The lowest BCUT2D eigenvalue weighted by atomic mass is 10.1. The summed E-state index contributed by atoms with van der Waals surface area (Å²) in [5.74, 6) is -0.652. The summed E-state index contributed by atoms with van der Waals surface area (Å²) in [6, 6.07) is 17.0. The number of imidazole rings is 1. The Hall–Kier alpha value is -3.85. The highest BCUT2D eigenvalue weighted by molar-refractivity contribution is 5.87. The SMILES string of the molecule is Cc1cccc(/C=C/C(=O)OC/C(O)=C(\C#N)c2nc3ccccc3n2C)c1. The second-order valence-electron chi connectivity index (χ2n) is 6.27. The van der Waals surface area contributed by atoms with E-state index in [0.29, 0.717) is 11.3 Å². The van der Waals surface area contributed by atoms with E-state index in [4.69, 9.17) is 4.74 Å². The molecule has 6 heteroatoms. The van der Waals surface area contributed by atoms with Gasteiger partial charge in [0.2, 0.25) is 0 Å². The van der Waals surface area contributed by atoms with Gasteiger partial charge in [-0.25, -0.2) is 9.78 Å². The van der Waals surface area contributed by atoms with Gasteiger partial charge in [-0.2, -0.15) is 5.26 Å². The van der Waals surface area contributed by atoms with E-state index in [1.807, 2.05) is 61.5 Å². The van der Waals surface area contributed by atoms with E-state index < -0.39 is 12.6 Å². The smallest absolute Gasteiger partial charge is 0.331 e. The number of aliphatic hydroxyl groups is 1. The topological polar surface area (TPSA) is 88.1 Å². The average molecular weight is 373 g/mol. The minimum atomic E-state index is -0.615. The van der Waals surface area contributed by atoms with Gasteiger partial charge in [-0.1, -0.05) is 42.0 Å². The first-order valence-corrected chi connectivity index (χ1v) is 8.65. The van der Waals surface area contributed by atoms with Crippen molar-refractivity contribution < 1.29 is 14.6 Å². The van der Waals surface area contributed by atoms with Gasteiger partial charge >= 0.3 is 5.97 Å². The molecule has 6 nitrogen and oxygen atoms in total. The van der Waals surface area contributed by atoms with Crippen molar-refractivity contribution in [3.8, 4) is 6.07 Å². The number of aromatic nitrogens is 2. The summed E-state index contributed by atoms with van der Waals surface area (Å²) >= 11 is 0. The van der Waals surface area contributed by atoms with E-state index in [-0.39, 0.29) is 11.3 Å². The Balaban J connectivity index is 1.74. The van der Waals surface area contributed by atoms with Gasteiger partial charge in [-0.05, 0) is 30.7 Å². The molecule has 0 aliphatic heterocycles. The number of hydrogen-bond donors (Lipinski definition) is 1. The fourth-order valence-corrected chi connectivity index (χ4v) is 2.81. The summed E-state index contributed by atoms with van der Waals surface area (Å²) in [7, 11) is 1.76. The van der Waals surface area contributed by atoms with Gasteiger partial charge in [0.15, 0.2) is 11.6 Å². The summed E-state index contributed by atoms with van der Waals surface area (Å²) < 4.78 is 6.76. The van der Waals surface area contributed by atoms with Crippen LogP contribution in [0.3, 0.4) is 0 Å². The standard InChI is InChI=1S/C22H19N3O3/c1-15-6-5-7-16(12-15)10-11-21(27)28-14-20(26)17(13-23)22-24-18-8-3-4-9-19(18)25(22)2/h3-12,26H,14H2,1-2H3/b11-10+,20-17-. The second kappa shape index (κ2) is 8.23. The third kappa shape index (κ3) is 4.10. The number of carbonyl (C=O) groups excluding carboxylic acids is 1. The van der Waals surface area contributed by atoms with Crippen LogP contribution < -0.4 is 0 Å². The van der Waals surface area contributed by atoms with Crippen LogP contribution in [0.15, 0.2) is 60.4 Å². The fourth-order valence-electron chi connectivity index (χ4n) is 2.81. The van der Waals surface area contributed by atoms with Gasteiger partial charge < -0.3 is 14.4 Å². The molecule has 0 radical (unpaired) electrons. The van der Waals surface area contributed by atoms with Gasteiger partial charge in [-0.3, -0.25) is 0 Å². The third-order valence-corrected chi connectivity index (χ3v) is 4.22. The monoisotopic (exact) mass is 373 g/mol. The van der Waals surface area contributed by atoms with Crippen molar-refractivity contribution in [2.45, 2.75) is 6.92 Å². The van der Waals surface area contributed by atoms with Crippen LogP contribution in [0.2, 0.25) is 0 Å². The zero-order valence-corrected chi connectivity index (χ0v) is 15.6. The molecule has 0 fully saturated rings. The van der Waals surface area contributed by atoms with E-state index in [1.54, 1.807) is 17.7 Å². The lowest BCUT2D eigenvalue weighted by molar-refractivity contribution is -0.137. The maximum absolute atomic E-state index is 11.9. The summed E-state index contributed by atoms with van der Waals surface area (Å²) in [6.07, 6.45) is 2.91. The number of nitriles is 1. The number of esters is 1. The number of aliphatic hydroxyl groups excluding tert-OH is 1. The predicted molar refractivity (Wildman–Crippen MR) is 107 cm³/mol. The molecular weight excluding hydrogens is 354 g/mol. The molecule has 2 aromatic carbocycles. The van der Waals surface area contributed by atoms with Crippen LogP contribution in [-0.2, 0) is 16.6 Å². The van der Waals surface area contributed by atoms with Crippen molar-refractivity contribution in [3.63, 3.8) is 0 Å². The first kappa shape index (κ1) is 18.9. The summed E-state index contributed by atoms with van der Waals surface area (Å²) in [4.78, 5) is 16.3. The molecule has 0 spiro atoms. The molecule has 0 bridgehead atoms. The molecule has 0 saturated heterocycles. The zero-order valence-electron chi connectivity index (χ0n) is 15.6. The van der Waals surface area contributed by atoms with E-state index in [0.717, 1.165) is 16.6 Å². The van der Waals surface area contributed by atoms with Crippen molar-refractivity contribution in [2.75, 3.05) is 6.61 Å². The van der Waals surface area contributed by atoms with Crippen molar-refractivity contribution >= 4 is 28.7 Å². The van der Waals surface area contributed by atoms with Crippen molar-refractivity contribution in [1.82, 2.24) is 9.55 Å². The highest BCUT2D eigenvalue weighted by Crippen LogP contribution is 2.21. The van der Waals surface area contributed by atoms with Crippen molar-refractivity contribution in [2.24, 2.45) is 7.05 Å². The number of ether oxygens (including phenoxy) is 1. The highest BCUT2D eigenvalue weighted by Gasteiger charge is 2.17. The number of rotatable bonds is 5. The maximum Gasteiger partial charge on any atom is 0.331 e. The Morgan fingerprint density at radius 3 is 2.79 bits per heavy atom. The number of allylic oxidation sites excluding steroid dienone is 1. The molecule has 0 unspecified atom stereocenters. The number of aryl methyl sites for hydroxylation is 2. The van der Waals surface area contributed by atoms with Crippen LogP contribution in [0.5, 0.6) is 0 Å². The number of para-hydroxylation sites is 2. The molecular formula is C22H19N3O3. The molecule has 3 aromatic rings. The highest BCUT2D eigenvalue weighted by atomic mass is 16.5. The molecule has 0 amide bonds. The summed E-state index contributed by atoms with van der Waals surface area (Å²) in [5, 5.41) is 19.8. The molecule has 1 N–H and O–H groups in total. The first-order chi connectivity index (χ1) is 13.5. The lowest BCUT2D eigenvalue weighted by Crippen LogP contribution is -2.07. The van der Waals surface area contributed by atoms with Gasteiger partial charge in [0.1, 0.15) is 18.2 Å². The largest absolute Gasteiger partial charge is 0.507 e. The van der Waals surface area contributed by atoms with Crippen LogP contribution in [0, 0.1) is 18.3 Å². The van der Waals surface area contributed by atoms with Crippen LogP contribution in [0.4, 0.5) is 0 Å². The molecule has 1 aromatic heterocycles. The number of carbonyl (C=O) groups is 1. The van der Waals surface area contributed by atoms with Crippen molar-refractivity contribution in [1.29, 1.82) is 5.26 Å². The minimum Gasteiger partial charge on any atom is -0.507 e.